The van der Waals surface area contributed by atoms with Crippen LogP contribution in [0.25, 0.3) is 0 Å². The van der Waals surface area contributed by atoms with Gasteiger partial charge in [-0.05, 0) is 66.9 Å². The number of thiazole rings is 1. The lowest BCUT2D eigenvalue weighted by atomic mass is 9.87. The highest BCUT2D eigenvalue weighted by atomic mass is 32.2. The van der Waals surface area contributed by atoms with Gasteiger partial charge in [0.05, 0.1) is 35.9 Å². The number of anilines is 2. The summed E-state index contributed by atoms with van der Waals surface area (Å²) < 4.78 is 11.6. The molecule has 220 valence electrons. The summed E-state index contributed by atoms with van der Waals surface area (Å²) in [6.07, 6.45) is 0. The molecular formula is C30H25N3O7S3. The highest BCUT2D eigenvalue weighted by Gasteiger charge is 2.57. The van der Waals surface area contributed by atoms with Crippen molar-refractivity contribution in [2.75, 3.05) is 23.9 Å². The van der Waals surface area contributed by atoms with E-state index in [4.69, 9.17) is 9.47 Å². The zero-order valence-electron chi connectivity index (χ0n) is 23.0. The molecule has 43 heavy (non-hydrogen) atoms. The molecule has 10 nitrogen and oxygen atoms in total. The Morgan fingerprint density at radius 1 is 0.977 bits per heavy atom. The van der Waals surface area contributed by atoms with Crippen LogP contribution in [0.2, 0.25) is 0 Å². The third-order valence-corrected chi connectivity index (χ3v) is 10.8. The maximum Gasteiger partial charge on any atom is 0.338 e. The molecule has 2 aliphatic rings. The number of benzene rings is 2. The van der Waals surface area contributed by atoms with Crippen molar-refractivity contribution in [3.8, 4) is 5.75 Å². The highest BCUT2D eigenvalue weighted by Crippen LogP contribution is 2.54. The van der Waals surface area contributed by atoms with Crippen LogP contribution in [0.1, 0.15) is 33.0 Å². The van der Waals surface area contributed by atoms with Gasteiger partial charge in [0.2, 0.25) is 17.7 Å². The van der Waals surface area contributed by atoms with Crippen molar-refractivity contribution in [3.05, 3.63) is 91.0 Å². The van der Waals surface area contributed by atoms with E-state index in [0.29, 0.717) is 32.6 Å². The molecule has 1 fully saturated rings. The minimum atomic E-state index is -0.804. The summed E-state index contributed by atoms with van der Waals surface area (Å²) in [7, 11) is 1.55. The van der Waals surface area contributed by atoms with Crippen LogP contribution in [-0.2, 0) is 25.7 Å². The van der Waals surface area contributed by atoms with Gasteiger partial charge in [-0.15, -0.1) is 11.3 Å². The van der Waals surface area contributed by atoms with E-state index in [-0.39, 0.29) is 23.9 Å². The largest absolute Gasteiger partial charge is 0.497 e. The van der Waals surface area contributed by atoms with Crippen LogP contribution < -0.4 is 19.8 Å². The molecule has 1 saturated heterocycles. The summed E-state index contributed by atoms with van der Waals surface area (Å²) in [4.78, 5) is 68.5. The van der Waals surface area contributed by atoms with Gasteiger partial charge in [-0.2, -0.15) is 0 Å². The topological polar surface area (TPSA) is 124 Å². The number of hydrogen-bond donors (Lipinski definition) is 1. The molecule has 2 aromatic carbocycles. The van der Waals surface area contributed by atoms with Gasteiger partial charge in [-0.3, -0.25) is 23.7 Å². The summed E-state index contributed by atoms with van der Waals surface area (Å²) >= 11 is 3.60. The summed E-state index contributed by atoms with van der Waals surface area (Å²) in [6.45, 7) is 1.69. The number of thioether (sulfide) groups is 1. The first-order chi connectivity index (χ1) is 20.8. The molecule has 2 aromatic heterocycles. The zero-order chi connectivity index (χ0) is 30.2. The number of aromatic nitrogens is 1. The number of esters is 1. The minimum Gasteiger partial charge on any atom is -0.497 e. The number of fused-ring (bicyclic) bond motifs is 2. The number of carbonyl (C=O) groups excluding carboxylic acids is 4. The molecule has 4 heterocycles. The van der Waals surface area contributed by atoms with E-state index in [1.807, 2.05) is 17.5 Å². The highest BCUT2D eigenvalue weighted by molar-refractivity contribution is 8.00. The van der Waals surface area contributed by atoms with Crippen molar-refractivity contribution >= 4 is 69.5 Å². The van der Waals surface area contributed by atoms with Gasteiger partial charge >= 0.3 is 10.8 Å². The van der Waals surface area contributed by atoms with E-state index >= 15 is 0 Å². The average molecular weight is 636 g/mol. The van der Waals surface area contributed by atoms with Crippen molar-refractivity contribution in [2.24, 2.45) is 5.92 Å². The van der Waals surface area contributed by atoms with Gasteiger partial charge in [0, 0.05) is 21.4 Å². The van der Waals surface area contributed by atoms with Crippen LogP contribution in [0.15, 0.2) is 75.9 Å². The Kier molecular flexibility index (Phi) is 7.95. The number of thiophene rings is 1. The van der Waals surface area contributed by atoms with Crippen LogP contribution in [0, 0.1) is 5.92 Å². The van der Waals surface area contributed by atoms with Crippen molar-refractivity contribution in [1.82, 2.24) is 4.57 Å². The van der Waals surface area contributed by atoms with Crippen molar-refractivity contribution in [3.63, 3.8) is 0 Å². The first kappa shape index (κ1) is 28.9. The van der Waals surface area contributed by atoms with Crippen LogP contribution >= 0.6 is 34.4 Å². The van der Waals surface area contributed by atoms with Crippen LogP contribution in [0.4, 0.5) is 11.4 Å². The molecule has 0 aliphatic carbocycles. The quantitative estimate of drug-likeness (QED) is 0.220. The second-order valence-corrected chi connectivity index (χ2v) is 12.8. The lowest BCUT2D eigenvalue weighted by Gasteiger charge is -2.29. The van der Waals surface area contributed by atoms with E-state index in [9.17, 15) is 24.0 Å². The van der Waals surface area contributed by atoms with Gasteiger partial charge in [-0.1, -0.05) is 29.2 Å². The van der Waals surface area contributed by atoms with E-state index in [1.54, 1.807) is 50.4 Å². The normalized spacial score (nSPS) is 19.1. The fourth-order valence-electron chi connectivity index (χ4n) is 5.26. The summed E-state index contributed by atoms with van der Waals surface area (Å²) in [5, 5.41) is 4.40. The molecule has 0 radical (unpaired) electrons. The molecule has 3 amide bonds. The first-order valence-electron chi connectivity index (χ1n) is 13.3. The molecule has 1 N–H and O–H groups in total. The summed E-state index contributed by atoms with van der Waals surface area (Å²) in [6, 6.07) is 16.8. The molecule has 0 unspecified atom stereocenters. The summed E-state index contributed by atoms with van der Waals surface area (Å²) in [5.41, 5.74) is 1.21. The second-order valence-electron chi connectivity index (χ2n) is 9.74. The maximum atomic E-state index is 14.0. The lowest BCUT2D eigenvalue weighted by molar-refractivity contribution is -0.122. The molecule has 0 saturated carbocycles. The lowest BCUT2D eigenvalue weighted by Crippen LogP contribution is -2.32. The Morgan fingerprint density at radius 3 is 2.37 bits per heavy atom. The fourth-order valence-corrected chi connectivity index (χ4v) is 8.99. The molecule has 0 spiro atoms. The second kappa shape index (κ2) is 11.8. The number of imide groups is 1. The number of hydrogen-bond acceptors (Lipinski definition) is 10. The number of rotatable bonds is 8. The van der Waals surface area contributed by atoms with E-state index in [2.05, 4.69) is 5.32 Å². The molecule has 3 atom stereocenters. The maximum absolute atomic E-state index is 14.0. The Balaban J connectivity index is 1.32. The van der Waals surface area contributed by atoms with E-state index in [1.165, 1.54) is 28.0 Å². The SMILES string of the molecule is CCOC(=O)c1ccc(N2C(=O)[C@H]3[C@H](c4cccs4)c4sc(=O)n(CC(=O)Nc5ccc(OC)cc5)c4S[C@H]3C2=O)cc1. The number of ether oxygens (including phenoxy) is 2. The third kappa shape index (κ3) is 5.28. The van der Waals surface area contributed by atoms with Gasteiger partial charge in [-0.25, -0.2) is 9.69 Å². The molecule has 13 heteroatoms. The van der Waals surface area contributed by atoms with Crippen LogP contribution in [0.5, 0.6) is 5.75 Å². The number of methoxy groups -OCH3 is 1. The van der Waals surface area contributed by atoms with Gasteiger partial charge in [0.1, 0.15) is 17.5 Å². The Bertz CT molecular complexity index is 1760. The van der Waals surface area contributed by atoms with Crippen molar-refractivity contribution in [1.29, 1.82) is 0 Å². The van der Waals surface area contributed by atoms with Gasteiger partial charge in [0.15, 0.2) is 0 Å². The average Bonchev–Trinajstić information content (AvgIpc) is 3.71. The monoisotopic (exact) mass is 635 g/mol. The molecular weight excluding hydrogens is 611 g/mol. The number of carbonyl (C=O) groups is 4. The van der Waals surface area contributed by atoms with Gasteiger partial charge in [0.25, 0.3) is 0 Å². The number of nitrogens with zero attached hydrogens (tertiary/aromatic N) is 2. The van der Waals surface area contributed by atoms with Crippen molar-refractivity contribution in [2.45, 2.75) is 29.7 Å². The molecule has 0 bridgehead atoms. The van der Waals surface area contributed by atoms with Gasteiger partial charge < -0.3 is 14.8 Å². The number of nitrogens with one attached hydrogen (secondary N) is 1. The first-order valence-corrected chi connectivity index (χ1v) is 15.9. The van der Waals surface area contributed by atoms with E-state index in [0.717, 1.165) is 32.9 Å². The Hall–Kier alpha value is -4.20. The van der Waals surface area contributed by atoms with Crippen LogP contribution in [-0.4, -0.2) is 47.2 Å². The predicted molar refractivity (Wildman–Crippen MR) is 164 cm³/mol. The third-order valence-electron chi connectivity index (χ3n) is 7.21. The standard InChI is InChI=1S/C30H25N3O7S3/c1-3-40-29(37)16-6-10-18(11-7-16)33-26(35)23-22(20-5-4-14-41-20)25-28(42-24(23)27(33)36)32(30(38)43-25)15-21(34)31-17-8-12-19(39-2)13-9-17/h4-14,22-24H,3,15H2,1-2H3,(H,31,34)/t22-,23-,24+/m0/s1. The minimum absolute atomic E-state index is 0.229. The Morgan fingerprint density at radius 2 is 1.72 bits per heavy atom. The number of amides is 3. The molecule has 4 aromatic rings. The zero-order valence-corrected chi connectivity index (χ0v) is 25.4. The fraction of sp³-hybridized carbons (Fsp3) is 0.233. The van der Waals surface area contributed by atoms with E-state index < -0.39 is 34.9 Å². The molecule has 2 aliphatic heterocycles. The van der Waals surface area contributed by atoms with Crippen molar-refractivity contribution < 1.29 is 28.7 Å². The Labute approximate surface area is 258 Å². The van der Waals surface area contributed by atoms with Crippen LogP contribution in [0.3, 0.4) is 0 Å². The predicted octanol–water partition coefficient (Wildman–Crippen LogP) is 4.59. The summed E-state index contributed by atoms with van der Waals surface area (Å²) in [5.74, 6) is -2.30. The smallest absolute Gasteiger partial charge is 0.338 e. The molecule has 6 rings (SSSR count).